The number of hydrogen-bond acceptors (Lipinski definition) is 4. The van der Waals surface area contributed by atoms with E-state index in [4.69, 9.17) is 9.47 Å². The highest BCUT2D eigenvalue weighted by atomic mass is 32.2. The number of hydrogen-bond donors (Lipinski definition) is 0. The Morgan fingerprint density at radius 2 is 1.60 bits per heavy atom. The second-order valence-corrected chi connectivity index (χ2v) is 6.46. The van der Waals surface area contributed by atoms with Crippen LogP contribution < -0.4 is 9.47 Å². The van der Waals surface area contributed by atoms with Gasteiger partial charge in [0.15, 0.2) is 17.8 Å². The minimum absolute atomic E-state index is 0.417. The Kier molecular flexibility index (Phi) is 5.75. The van der Waals surface area contributed by atoms with Crippen LogP contribution in [-0.4, -0.2) is 13.4 Å². The average molecular weight is 350 g/mol. The van der Waals surface area contributed by atoms with Crippen molar-refractivity contribution in [1.82, 2.24) is 0 Å². The lowest BCUT2D eigenvalue weighted by atomic mass is 10.2. The number of aldehydes is 1. The molecule has 0 saturated heterocycles. The summed E-state index contributed by atoms with van der Waals surface area (Å²) >= 11 is 1.52. The normalized spacial score (nSPS) is 10.3. The van der Waals surface area contributed by atoms with Crippen molar-refractivity contribution in [2.75, 3.05) is 7.11 Å². The van der Waals surface area contributed by atoms with Gasteiger partial charge in [-0.05, 0) is 29.8 Å². The molecule has 0 unspecified atom stereocenters. The zero-order chi connectivity index (χ0) is 17.5. The third-order valence-corrected chi connectivity index (χ3v) is 4.71. The Balaban J connectivity index is 1.85. The van der Waals surface area contributed by atoms with Gasteiger partial charge in [0.2, 0.25) is 0 Å². The first-order valence-corrected chi connectivity index (χ1v) is 8.68. The fraction of sp³-hybridized carbons (Fsp3) is 0.0952. The third-order valence-electron chi connectivity index (χ3n) is 3.63. The Hall–Kier alpha value is -2.72. The van der Waals surface area contributed by atoms with E-state index in [1.165, 1.54) is 11.8 Å². The molecule has 4 heteroatoms. The summed E-state index contributed by atoms with van der Waals surface area (Å²) in [5.41, 5.74) is 1.64. The lowest BCUT2D eigenvalue weighted by Crippen LogP contribution is -1.99. The van der Waals surface area contributed by atoms with E-state index >= 15 is 0 Å². The van der Waals surface area contributed by atoms with Crippen LogP contribution in [0.15, 0.2) is 82.6 Å². The molecular formula is C21H18O3S. The predicted molar refractivity (Wildman–Crippen MR) is 99.7 cm³/mol. The van der Waals surface area contributed by atoms with Crippen LogP contribution in [0.4, 0.5) is 0 Å². The summed E-state index contributed by atoms with van der Waals surface area (Å²) in [6.45, 7) is 0.417. The maximum atomic E-state index is 11.5. The van der Waals surface area contributed by atoms with Gasteiger partial charge in [-0.3, -0.25) is 4.79 Å². The second kappa shape index (κ2) is 8.40. The first-order chi connectivity index (χ1) is 12.3. The molecule has 0 radical (unpaired) electrons. The summed E-state index contributed by atoms with van der Waals surface area (Å²) in [7, 11) is 1.60. The summed E-state index contributed by atoms with van der Waals surface area (Å²) in [5, 5.41) is 0. The van der Waals surface area contributed by atoms with Crippen molar-refractivity contribution in [3.8, 4) is 11.5 Å². The molecule has 0 bridgehead atoms. The maximum Gasteiger partial charge on any atom is 0.162 e. The van der Waals surface area contributed by atoms with Crippen LogP contribution in [0, 0.1) is 0 Å². The predicted octanol–water partition coefficient (Wildman–Crippen LogP) is 5.24. The van der Waals surface area contributed by atoms with Crippen molar-refractivity contribution >= 4 is 18.0 Å². The number of carbonyl (C=O) groups excluding carboxylic acids is 1. The Morgan fingerprint density at radius 1 is 0.920 bits per heavy atom. The third kappa shape index (κ3) is 4.43. The smallest absolute Gasteiger partial charge is 0.162 e. The fourth-order valence-corrected chi connectivity index (χ4v) is 3.30. The highest BCUT2D eigenvalue weighted by molar-refractivity contribution is 7.99. The van der Waals surface area contributed by atoms with Gasteiger partial charge in [0.25, 0.3) is 0 Å². The molecule has 0 fully saturated rings. The molecule has 0 aliphatic carbocycles. The molecule has 0 spiro atoms. The molecule has 3 rings (SSSR count). The SMILES string of the molecule is COc1cc(Sc2ccccc2)c(C=O)cc1OCc1ccccc1. The van der Waals surface area contributed by atoms with Gasteiger partial charge in [0, 0.05) is 15.4 Å². The van der Waals surface area contributed by atoms with Crippen molar-refractivity contribution < 1.29 is 14.3 Å². The summed E-state index contributed by atoms with van der Waals surface area (Å²) in [5.74, 6) is 1.17. The van der Waals surface area contributed by atoms with Gasteiger partial charge in [-0.2, -0.15) is 0 Å². The monoisotopic (exact) mass is 350 g/mol. The molecule has 25 heavy (non-hydrogen) atoms. The number of benzene rings is 3. The quantitative estimate of drug-likeness (QED) is 0.546. The topological polar surface area (TPSA) is 35.5 Å². The molecule has 0 saturated carbocycles. The Labute approximate surface area is 151 Å². The molecule has 0 amide bonds. The highest BCUT2D eigenvalue weighted by Crippen LogP contribution is 2.38. The van der Waals surface area contributed by atoms with Crippen LogP contribution in [0.25, 0.3) is 0 Å². The van der Waals surface area contributed by atoms with E-state index < -0.39 is 0 Å². The molecule has 3 nitrogen and oxygen atoms in total. The van der Waals surface area contributed by atoms with Gasteiger partial charge < -0.3 is 9.47 Å². The second-order valence-electron chi connectivity index (χ2n) is 5.35. The number of carbonyl (C=O) groups is 1. The molecule has 0 aromatic heterocycles. The molecule has 0 heterocycles. The molecule has 126 valence electrons. The van der Waals surface area contributed by atoms with Crippen LogP contribution in [0.2, 0.25) is 0 Å². The van der Waals surface area contributed by atoms with Gasteiger partial charge in [-0.25, -0.2) is 0 Å². The van der Waals surface area contributed by atoms with E-state index in [2.05, 4.69) is 0 Å². The van der Waals surface area contributed by atoms with Crippen LogP contribution >= 0.6 is 11.8 Å². The highest BCUT2D eigenvalue weighted by Gasteiger charge is 2.13. The van der Waals surface area contributed by atoms with Crippen LogP contribution in [0.3, 0.4) is 0 Å². The standard InChI is InChI=1S/C21H18O3S/c1-23-19-13-21(25-18-10-6-3-7-11-18)17(14-22)12-20(19)24-15-16-8-4-2-5-9-16/h2-14H,15H2,1H3. The molecule has 0 aliphatic rings. The minimum Gasteiger partial charge on any atom is -0.493 e. The maximum absolute atomic E-state index is 11.5. The molecule has 0 atom stereocenters. The van der Waals surface area contributed by atoms with Gasteiger partial charge in [0.1, 0.15) is 6.61 Å². The van der Waals surface area contributed by atoms with Crippen LogP contribution in [-0.2, 0) is 6.61 Å². The Bertz CT molecular complexity index is 833. The molecule has 3 aromatic carbocycles. The van der Waals surface area contributed by atoms with E-state index in [9.17, 15) is 4.79 Å². The van der Waals surface area contributed by atoms with Crippen molar-refractivity contribution in [2.24, 2.45) is 0 Å². The molecular weight excluding hydrogens is 332 g/mol. The van der Waals surface area contributed by atoms with E-state index in [1.807, 2.05) is 66.7 Å². The number of methoxy groups -OCH3 is 1. The summed E-state index contributed by atoms with van der Waals surface area (Å²) in [6, 6.07) is 23.4. The van der Waals surface area contributed by atoms with Crippen molar-refractivity contribution in [2.45, 2.75) is 16.4 Å². The van der Waals surface area contributed by atoms with Crippen molar-refractivity contribution in [3.63, 3.8) is 0 Å². The first-order valence-electron chi connectivity index (χ1n) is 7.87. The van der Waals surface area contributed by atoms with Gasteiger partial charge in [-0.1, -0.05) is 60.3 Å². The summed E-state index contributed by atoms with van der Waals surface area (Å²) in [4.78, 5) is 13.4. The van der Waals surface area contributed by atoms with Crippen LogP contribution in [0.1, 0.15) is 15.9 Å². The first kappa shape index (κ1) is 17.1. The van der Waals surface area contributed by atoms with Gasteiger partial charge in [0.05, 0.1) is 7.11 Å². The fourth-order valence-electron chi connectivity index (χ4n) is 2.36. The van der Waals surface area contributed by atoms with Crippen molar-refractivity contribution in [1.29, 1.82) is 0 Å². The lowest BCUT2D eigenvalue weighted by molar-refractivity contribution is 0.112. The largest absolute Gasteiger partial charge is 0.493 e. The zero-order valence-corrected chi connectivity index (χ0v) is 14.7. The minimum atomic E-state index is 0.417. The average Bonchev–Trinajstić information content (AvgIpc) is 2.68. The Morgan fingerprint density at radius 3 is 2.24 bits per heavy atom. The lowest BCUT2D eigenvalue weighted by Gasteiger charge is -2.14. The van der Waals surface area contributed by atoms with E-state index in [-0.39, 0.29) is 0 Å². The van der Waals surface area contributed by atoms with E-state index in [0.29, 0.717) is 23.7 Å². The zero-order valence-electron chi connectivity index (χ0n) is 13.8. The molecule has 0 N–H and O–H groups in total. The number of ether oxygens (including phenoxy) is 2. The summed E-state index contributed by atoms with van der Waals surface area (Å²) < 4.78 is 11.3. The molecule has 3 aromatic rings. The number of rotatable bonds is 7. The van der Waals surface area contributed by atoms with Crippen LogP contribution in [0.5, 0.6) is 11.5 Å². The summed E-state index contributed by atoms with van der Waals surface area (Å²) in [6.07, 6.45) is 0.847. The van der Waals surface area contributed by atoms with E-state index in [1.54, 1.807) is 13.2 Å². The molecule has 0 aliphatic heterocycles. The van der Waals surface area contributed by atoms with Crippen molar-refractivity contribution in [3.05, 3.63) is 83.9 Å². The van der Waals surface area contributed by atoms with Gasteiger partial charge >= 0.3 is 0 Å². The van der Waals surface area contributed by atoms with Gasteiger partial charge in [-0.15, -0.1) is 0 Å². The van der Waals surface area contributed by atoms with E-state index in [0.717, 1.165) is 21.6 Å².